The van der Waals surface area contributed by atoms with Crippen LogP contribution in [-0.4, -0.2) is 11.8 Å². The monoisotopic (exact) mass is 317 g/mol. The van der Waals surface area contributed by atoms with Crippen LogP contribution in [0.25, 0.3) is 0 Å². The lowest BCUT2D eigenvalue weighted by Crippen LogP contribution is -2.27. The fourth-order valence-corrected chi connectivity index (χ4v) is 4.49. The molecule has 0 aromatic heterocycles. The van der Waals surface area contributed by atoms with Crippen molar-refractivity contribution < 1.29 is 0 Å². The highest BCUT2D eigenvalue weighted by Gasteiger charge is 2.32. The Hall–Kier alpha value is -0.960. The Morgan fingerprint density at radius 1 is 1.14 bits per heavy atom. The van der Waals surface area contributed by atoms with Gasteiger partial charge in [-0.1, -0.05) is 54.9 Å². The van der Waals surface area contributed by atoms with Crippen LogP contribution in [-0.2, 0) is 6.42 Å². The minimum Gasteiger partial charge on any atom is -0.309 e. The first-order valence-corrected chi connectivity index (χ1v) is 8.77. The van der Waals surface area contributed by atoms with Gasteiger partial charge in [-0.15, -0.1) is 11.8 Å². The molecule has 0 saturated carbocycles. The maximum atomic E-state index is 6.32. The Morgan fingerprint density at radius 3 is 2.71 bits per heavy atom. The number of benzene rings is 2. The lowest BCUT2D eigenvalue weighted by atomic mass is 10.1. The molecule has 1 N–H and O–H groups in total. The lowest BCUT2D eigenvalue weighted by molar-refractivity contribution is 0.539. The van der Waals surface area contributed by atoms with E-state index in [0.717, 1.165) is 24.4 Å². The van der Waals surface area contributed by atoms with Gasteiger partial charge in [-0.05, 0) is 42.6 Å². The van der Waals surface area contributed by atoms with E-state index in [-0.39, 0.29) is 0 Å². The molecule has 1 aliphatic carbocycles. The Labute approximate surface area is 136 Å². The Kier molecular flexibility index (Phi) is 4.89. The van der Waals surface area contributed by atoms with Gasteiger partial charge in [-0.3, -0.25) is 0 Å². The van der Waals surface area contributed by atoms with E-state index in [1.165, 1.54) is 16.0 Å². The summed E-state index contributed by atoms with van der Waals surface area (Å²) in [5.41, 5.74) is 2.92. The number of rotatable bonds is 5. The summed E-state index contributed by atoms with van der Waals surface area (Å²) in [6.45, 7) is 3.27. The molecule has 3 heteroatoms. The third-order valence-electron chi connectivity index (χ3n) is 3.91. The summed E-state index contributed by atoms with van der Waals surface area (Å²) in [4.78, 5) is 1.18. The van der Waals surface area contributed by atoms with E-state index in [9.17, 15) is 0 Å². The average molecular weight is 318 g/mol. The number of fused-ring (bicyclic) bond motifs is 1. The highest BCUT2D eigenvalue weighted by molar-refractivity contribution is 8.00. The van der Waals surface area contributed by atoms with Gasteiger partial charge in [-0.2, -0.15) is 0 Å². The molecular weight excluding hydrogens is 298 g/mol. The van der Waals surface area contributed by atoms with Crippen LogP contribution < -0.4 is 5.32 Å². The molecule has 0 spiro atoms. The van der Waals surface area contributed by atoms with Crippen molar-refractivity contribution in [3.63, 3.8) is 0 Å². The third-order valence-corrected chi connectivity index (χ3v) is 5.71. The maximum absolute atomic E-state index is 6.32. The quantitative estimate of drug-likeness (QED) is 0.823. The van der Waals surface area contributed by atoms with Crippen LogP contribution in [0.2, 0.25) is 5.02 Å². The molecule has 2 aromatic carbocycles. The second-order valence-electron chi connectivity index (χ2n) is 5.42. The molecule has 0 heterocycles. The van der Waals surface area contributed by atoms with Crippen LogP contribution in [0.4, 0.5) is 0 Å². The predicted molar refractivity (Wildman–Crippen MR) is 92.3 cm³/mol. The van der Waals surface area contributed by atoms with Crippen LogP contribution in [0.5, 0.6) is 0 Å². The maximum Gasteiger partial charge on any atom is 0.0541 e. The molecule has 0 aliphatic heterocycles. The molecule has 0 fully saturated rings. The van der Waals surface area contributed by atoms with Crippen molar-refractivity contribution in [2.45, 2.75) is 36.0 Å². The van der Waals surface area contributed by atoms with Gasteiger partial charge >= 0.3 is 0 Å². The second kappa shape index (κ2) is 6.87. The second-order valence-corrected chi connectivity index (χ2v) is 7.11. The molecule has 1 nitrogen and oxygen atoms in total. The minimum atomic E-state index is 0.419. The summed E-state index contributed by atoms with van der Waals surface area (Å²) in [5, 5.41) is 5.08. The van der Waals surface area contributed by atoms with Crippen LogP contribution in [0.3, 0.4) is 0 Å². The van der Waals surface area contributed by atoms with Gasteiger partial charge < -0.3 is 5.32 Å². The summed E-state index contributed by atoms with van der Waals surface area (Å²) in [6, 6.07) is 17.3. The first-order valence-electron chi connectivity index (χ1n) is 7.52. The van der Waals surface area contributed by atoms with Gasteiger partial charge in [0.05, 0.1) is 5.02 Å². The van der Waals surface area contributed by atoms with Gasteiger partial charge in [-0.25, -0.2) is 0 Å². The fourth-order valence-electron chi connectivity index (χ4n) is 2.91. The van der Waals surface area contributed by atoms with E-state index in [2.05, 4.69) is 48.6 Å². The number of thioether (sulfide) groups is 1. The molecule has 2 unspecified atom stereocenters. The van der Waals surface area contributed by atoms with Gasteiger partial charge in [0.2, 0.25) is 0 Å². The Bertz CT molecular complexity index is 614. The molecular formula is C18H20ClNS. The fraction of sp³-hybridized carbons (Fsp3) is 0.333. The Balaban J connectivity index is 1.83. The molecule has 0 bridgehead atoms. The topological polar surface area (TPSA) is 12.0 Å². The van der Waals surface area contributed by atoms with Crippen LogP contribution in [0.15, 0.2) is 53.4 Å². The summed E-state index contributed by atoms with van der Waals surface area (Å²) >= 11 is 8.22. The standard InChI is InChI=1S/C18H20ClNS/c1-2-11-20-18-14-8-4-3-7-13(14)12-17(18)21-16-10-6-5-9-15(16)19/h3-10,17-18,20H,2,11-12H2,1H3. The highest BCUT2D eigenvalue weighted by atomic mass is 35.5. The van der Waals surface area contributed by atoms with Crippen molar-refractivity contribution in [1.82, 2.24) is 5.32 Å². The molecule has 2 atom stereocenters. The molecule has 3 rings (SSSR count). The van der Waals surface area contributed by atoms with Gasteiger partial charge in [0.25, 0.3) is 0 Å². The van der Waals surface area contributed by atoms with Crippen molar-refractivity contribution in [3.05, 3.63) is 64.7 Å². The smallest absolute Gasteiger partial charge is 0.0541 e. The average Bonchev–Trinajstić information content (AvgIpc) is 2.85. The molecule has 0 amide bonds. The molecule has 110 valence electrons. The normalized spacial score (nSPS) is 20.5. The first kappa shape index (κ1) is 15.0. The van der Waals surface area contributed by atoms with Crippen LogP contribution >= 0.6 is 23.4 Å². The van der Waals surface area contributed by atoms with E-state index in [1.54, 1.807) is 0 Å². The number of hydrogen-bond donors (Lipinski definition) is 1. The molecule has 2 aromatic rings. The number of nitrogens with one attached hydrogen (secondary N) is 1. The first-order chi connectivity index (χ1) is 10.3. The largest absolute Gasteiger partial charge is 0.309 e. The van der Waals surface area contributed by atoms with Crippen molar-refractivity contribution in [2.24, 2.45) is 0 Å². The zero-order valence-corrected chi connectivity index (χ0v) is 13.8. The predicted octanol–water partition coefficient (Wildman–Crippen LogP) is 5.10. The summed E-state index contributed by atoms with van der Waals surface area (Å²) < 4.78 is 0. The van der Waals surface area contributed by atoms with Crippen LogP contribution in [0, 0.1) is 0 Å². The van der Waals surface area contributed by atoms with Crippen LogP contribution in [0.1, 0.15) is 30.5 Å². The van der Waals surface area contributed by atoms with Gasteiger partial charge in [0, 0.05) is 16.2 Å². The van der Waals surface area contributed by atoms with E-state index in [4.69, 9.17) is 11.6 Å². The summed E-state index contributed by atoms with van der Waals surface area (Å²) in [6.07, 6.45) is 2.26. The van der Waals surface area contributed by atoms with Crippen molar-refractivity contribution in [1.29, 1.82) is 0 Å². The lowest BCUT2D eigenvalue weighted by Gasteiger charge is -2.22. The number of halogens is 1. The zero-order valence-electron chi connectivity index (χ0n) is 12.2. The summed E-state index contributed by atoms with van der Waals surface area (Å²) in [5.74, 6) is 0. The van der Waals surface area contributed by atoms with E-state index < -0.39 is 0 Å². The molecule has 0 saturated heterocycles. The van der Waals surface area contributed by atoms with E-state index >= 15 is 0 Å². The highest BCUT2D eigenvalue weighted by Crippen LogP contribution is 2.43. The molecule has 0 radical (unpaired) electrons. The molecule has 21 heavy (non-hydrogen) atoms. The number of hydrogen-bond acceptors (Lipinski definition) is 2. The summed E-state index contributed by atoms with van der Waals surface area (Å²) in [7, 11) is 0. The zero-order chi connectivity index (χ0) is 14.7. The molecule has 1 aliphatic rings. The van der Waals surface area contributed by atoms with Gasteiger partial charge in [0.1, 0.15) is 0 Å². The van der Waals surface area contributed by atoms with E-state index in [1.807, 2.05) is 23.9 Å². The van der Waals surface area contributed by atoms with Gasteiger partial charge in [0.15, 0.2) is 0 Å². The third kappa shape index (κ3) is 3.28. The van der Waals surface area contributed by atoms with Crippen molar-refractivity contribution in [2.75, 3.05) is 6.54 Å². The van der Waals surface area contributed by atoms with E-state index in [0.29, 0.717) is 11.3 Å². The Morgan fingerprint density at radius 2 is 1.90 bits per heavy atom. The van der Waals surface area contributed by atoms with Crippen molar-refractivity contribution in [3.8, 4) is 0 Å². The van der Waals surface area contributed by atoms with Crippen molar-refractivity contribution >= 4 is 23.4 Å². The minimum absolute atomic E-state index is 0.419. The SMILES string of the molecule is CCCNC1c2ccccc2CC1Sc1ccccc1Cl.